The average Bonchev–Trinajstić information content (AvgIpc) is 3.06. The Bertz CT molecular complexity index is 1850. The highest BCUT2D eigenvalue weighted by Crippen LogP contribution is 2.63. The molecule has 3 unspecified atom stereocenters. The van der Waals surface area contributed by atoms with E-state index < -0.39 is 64.3 Å². The normalized spacial score (nSPS) is 24.7. The number of aliphatic hydroxyl groups is 1. The van der Waals surface area contributed by atoms with Crippen LogP contribution in [0.2, 0.25) is 0 Å². The van der Waals surface area contributed by atoms with Crippen molar-refractivity contribution in [3.63, 3.8) is 0 Å². The molecule has 0 spiro atoms. The number of benzene rings is 3. The molecule has 1 N–H and O–H groups in total. The fourth-order valence-corrected chi connectivity index (χ4v) is 10.4. The summed E-state index contributed by atoms with van der Waals surface area (Å²) >= 11 is 0. The molecule has 0 saturated heterocycles. The van der Waals surface area contributed by atoms with Crippen LogP contribution in [0.4, 0.5) is 35.1 Å². The first-order valence-corrected chi connectivity index (χ1v) is 18.9. The first-order valence-electron chi connectivity index (χ1n) is 17.7. The van der Waals surface area contributed by atoms with Gasteiger partial charge in [-0.25, -0.2) is 4.79 Å². The molecule has 55 heavy (non-hydrogen) atoms. The monoisotopic (exact) mass is 801 g/mol. The van der Waals surface area contributed by atoms with Gasteiger partial charge in [0.15, 0.2) is 14.7 Å². The molecule has 0 aliphatic heterocycles. The molecule has 4 fully saturated rings. The van der Waals surface area contributed by atoms with E-state index in [1.807, 2.05) is 24.3 Å². The third kappa shape index (κ3) is 8.19. The van der Waals surface area contributed by atoms with Gasteiger partial charge in [0.05, 0.1) is 16.3 Å². The molecule has 7 rings (SSSR count). The Morgan fingerprint density at radius 1 is 0.709 bits per heavy atom. The van der Waals surface area contributed by atoms with Gasteiger partial charge in [0.1, 0.15) is 23.7 Å². The highest BCUT2D eigenvalue weighted by atomic mass is 32.2. The molecule has 15 heteroatoms. The van der Waals surface area contributed by atoms with Gasteiger partial charge in [-0.1, -0.05) is 32.9 Å². The molecule has 4 bridgehead atoms. The van der Waals surface area contributed by atoms with Crippen molar-refractivity contribution in [3.8, 4) is 11.5 Å². The summed E-state index contributed by atoms with van der Waals surface area (Å²) in [6, 6.07) is 20.0. The van der Waals surface area contributed by atoms with Crippen LogP contribution >= 0.6 is 0 Å². The Labute approximate surface area is 315 Å². The van der Waals surface area contributed by atoms with Crippen LogP contribution in [-0.2, 0) is 30.6 Å². The van der Waals surface area contributed by atoms with Crippen molar-refractivity contribution >= 4 is 22.8 Å². The maximum atomic E-state index is 13.9. The minimum absolute atomic E-state index is 0.0262. The van der Waals surface area contributed by atoms with Crippen LogP contribution in [0, 0.1) is 17.3 Å². The number of ether oxygens (including phenoxy) is 3. The number of alkyl halides is 8. The van der Waals surface area contributed by atoms with E-state index in [4.69, 9.17) is 14.2 Å². The van der Waals surface area contributed by atoms with E-state index in [0.717, 1.165) is 21.8 Å². The maximum Gasteiger partial charge on any atom is 0.429 e. The second-order valence-corrected chi connectivity index (χ2v) is 18.3. The lowest BCUT2D eigenvalue weighted by Crippen LogP contribution is -2.61. The van der Waals surface area contributed by atoms with Crippen molar-refractivity contribution in [2.45, 2.75) is 116 Å². The fourth-order valence-electron chi connectivity index (χ4n) is 8.37. The van der Waals surface area contributed by atoms with Crippen LogP contribution in [0.3, 0.4) is 0 Å². The predicted molar refractivity (Wildman–Crippen MR) is 185 cm³/mol. The van der Waals surface area contributed by atoms with Crippen molar-refractivity contribution in [2.75, 3.05) is 6.61 Å². The van der Waals surface area contributed by atoms with Gasteiger partial charge >= 0.3 is 30.2 Å². The van der Waals surface area contributed by atoms with Gasteiger partial charge in [-0.05, 0) is 116 Å². The molecule has 3 aromatic rings. The topological polar surface area (TPSA) is 82.1 Å². The largest absolute Gasteiger partial charge is 0.490 e. The Morgan fingerprint density at radius 2 is 1.16 bits per heavy atom. The molecule has 3 aromatic carbocycles. The number of rotatable bonds is 10. The second-order valence-electron chi connectivity index (χ2n) is 16.3. The van der Waals surface area contributed by atoms with E-state index in [9.17, 15) is 49.8 Å². The zero-order chi connectivity index (χ0) is 40.4. The minimum Gasteiger partial charge on any atom is -0.490 e. The number of carbonyl (C=O) groups is 2. The lowest BCUT2D eigenvalue weighted by Gasteiger charge is -2.59. The maximum absolute atomic E-state index is 13.9. The Hall–Kier alpha value is -3.85. The number of halogens is 8. The number of carbonyl (C=O) groups excluding carboxylic acids is 2. The van der Waals surface area contributed by atoms with Crippen LogP contribution in [0.5, 0.6) is 11.5 Å². The van der Waals surface area contributed by atoms with Crippen molar-refractivity contribution < 1.29 is 64.0 Å². The van der Waals surface area contributed by atoms with Gasteiger partial charge in [0, 0.05) is 13.3 Å². The van der Waals surface area contributed by atoms with Gasteiger partial charge < -0.3 is 19.3 Å². The molecule has 0 radical (unpaired) electrons. The molecule has 0 amide bonds. The summed E-state index contributed by atoms with van der Waals surface area (Å²) in [7, 11) is -0.871. The van der Waals surface area contributed by atoms with Gasteiger partial charge in [-0.2, -0.15) is 35.1 Å². The highest BCUT2D eigenvalue weighted by Gasteiger charge is 2.71. The summed E-state index contributed by atoms with van der Waals surface area (Å²) in [4.78, 5) is 28.3. The van der Waals surface area contributed by atoms with Gasteiger partial charge in [-0.15, -0.1) is 0 Å². The summed E-state index contributed by atoms with van der Waals surface area (Å²) in [6.07, 6.45) is -9.29. The molecular weight excluding hydrogens is 760 g/mol. The quantitative estimate of drug-likeness (QED) is 0.0952. The van der Waals surface area contributed by atoms with Crippen molar-refractivity contribution in [2.24, 2.45) is 17.3 Å². The summed E-state index contributed by atoms with van der Waals surface area (Å²) in [5, 5.41) is 9.49. The van der Waals surface area contributed by atoms with E-state index in [0.29, 0.717) is 37.5 Å². The third-order valence-corrected chi connectivity index (χ3v) is 13.0. The first kappa shape index (κ1) is 40.8. The zero-order valence-electron chi connectivity index (χ0n) is 30.5. The smallest absolute Gasteiger partial charge is 0.429 e. The van der Waals surface area contributed by atoms with Crippen molar-refractivity contribution in [1.29, 1.82) is 0 Å². The van der Waals surface area contributed by atoms with E-state index in [2.05, 4.69) is 20.8 Å². The summed E-state index contributed by atoms with van der Waals surface area (Å²) in [6.45, 7) is 4.56. The predicted octanol–water partition coefficient (Wildman–Crippen LogP) is 9.76. The van der Waals surface area contributed by atoms with Gasteiger partial charge in [0.2, 0.25) is 0 Å². The van der Waals surface area contributed by atoms with Gasteiger partial charge in [0.25, 0.3) is 5.60 Å². The molecule has 298 valence electrons. The SMILES string of the molecule is CC(F)(F)C(=O)OC12CC3CC(C1)CC(C(=O)Oc1ccc([S+](c4ccc(OCC(O)(C(F)(F)F)C(F)(F)F)cc4)c4ccc(C(C)(C)C)cc4)cc1)(C3)C2. The fraction of sp³-hybridized carbons (Fsp3) is 0.500. The van der Waals surface area contributed by atoms with Crippen molar-refractivity contribution in [3.05, 3.63) is 78.4 Å². The van der Waals surface area contributed by atoms with E-state index in [1.165, 1.54) is 24.3 Å². The minimum atomic E-state index is -6.03. The molecule has 3 atom stereocenters. The van der Waals surface area contributed by atoms with Crippen LogP contribution in [0.25, 0.3) is 0 Å². The Morgan fingerprint density at radius 3 is 1.60 bits per heavy atom. The van der Waals surface area contributed by atoms with E-state index >= 15 is 0 Å². The Kier molecular flexibility index (Phi) is 10.4. The zero-order valence-corrected chi connectivity index (χ0v) is 31.3. The van der Waals surface area contributed by atoms with Crippen LogP contribution < -0.4 is 9.47 Å². The molecule has 0 heterocycles. The van der Waals surface area contributed by atoms with Crippen LogP contribution in [-0.4, -0.2) is 53.1 Å². The highest BCUT2D eigenvalue weighted by molar-refractivity contribution is 7.97. The van der Waals surface area contributed by atoms with Crippen molar-refractivity contribution in [1.82, 2.24) is 0 Å². The van der Waals surface area contributed by atoms with Crippen LogP contribution in [0.15, 0.2) is 87.5 Å². The standard InChI is InChI=1S/C40H41F8O6S/c1-34(2,3)26-5-11-29(12-6-26)55(30-13-7-27(8-14-30)52-23-38(51,39(43,44)45)40(46,47)48)31-15-9-28(10-16-31)53-33(50)36-18-24-17-25(19-36)21-37(20-24,22-36)54-32(49)35(4,41)42/h5-16,24-25,51H,17-23H2,1-4H3/q+1. The lowest BCUT2D eigenvalue weighted by atomic mass is 9.48. The third-order valence-electron chi connectivity index (χ3n) is 10.8. The number of hydrogen-bond donors (Lipinski definition) is 1. The van der Waals surface area contributed by atoms with E-state index in [-0.39, 0.29) is 35.2 Å². The lowest BCUT2D eigenvalue weighted by molar-refractivity contribution is -0.373. The average molecular weight is 802 g/mol. The molecule has 4 aliphatic rings. The molecule has 4 saturated carbocycles. The Balaban J connectivity index is 1.24. The number of esters is 2. The molecular formula is C40H41F8O6S+. The molecule has 6 nitrogen and oxygen atoms in total. The van der Waals surface area contributed by atoms with Gasteiger partial charge in [-0.3, -0.25) is 4.79 Å². The van der Waals surface area contributed by atoms with E-state index in [1.54, 1.807) is 24.3 Å². The molecule has 4 aliphatic carbocycles. The summed E-state index contributed by atoms with van der Waals surface area (Å²) in [5.41, 5.74) is -6.32. The second kappa shape index (κ2) is 14.0. The summed E-state index contributed by atoms with van der Waals surface area (Å²) < 4.78 is 123. The van der Waals surface area contributed by atoms with Crippen LogP contribution in [0.1, 0.15) is 71.8 Å². The molecule has 0 aromatic heterocycles. The summed E-state index contributed by atoms with van der Waals surface area (Å²) in [5.74, 6) is -5.83. The number of hydrogen-bond acceptors (Lipinski definition) is 6. The first-order chi connectivity index (χ1) is 25.3.